The van der Waals surface area contributed by atoms with E-state index in [-0.39, 0.29) is 27.6 Å². The fourth-order valence-electron chi connectivity index (χ4n) is 3.42. The fourth-order valence-corrected chi connectivity index (χ4v) is 10.7. The normalized spacial score (nSPS) is 13.7. The van der Waals surface area contributed by atoms with Gasteiger partial charge in [0, 0.05) is 0 Å². The summed E-state index contributed by atoms with van der Waals surface area (Å²) in [5, 5.41) is -0.0540. The molecule has 0 saturated heterocycles. The molecule has 26 heavy (non-hydrogen) atoms. The van der Waals surface area contributed by atoms with Crippen molar-refractivity contribution < 1.29 is 8.42 Å². The molecule has 0 aliphatic rings. The minimum absolute atomic E-state index is 0.0270. The quantitative estimate of drug-likeness (QED) is 0.540. The molecule has 0 aliphatic heterocycles. The Labute approximate surface area is 163 Å². The van der Waals surface area contributed by atoms with E-state index in [9.17, 15) is 8.42 Å². The molecule has 0 fully saturated rings. The van der Waals surface area contributed by atoms with Crippen LogP contribution in [-0.4, -0.2) is 24.2 Å². The Morgan fingerprint density at radius 3 is 1.58 bits per heavy atom. The standard InChI is InChI=1S/C21H38NO2PS/c1-15(2)17-12-11-13-18(16(3)4)19(17)22-26(23,24)14-25(20(5,6)7)21(8,9)10/h11-13,15-16,22H,14H2,1-10H3. The molecule has 0 saturated carbocycles. The van der Waals surface area contributed by atoms with Crippen molar-refractivity contribution in [2.45, 2.75) is 91.4 Å². The SMILES string of the molecule is CC(C)c1cccc(C(C)C)c1NS(=O)(=O)CP(C(C)(C)C)C(C)(C)C. The molecule has 0 heterocycles. The van der Waals surface area contributed by atoms with Crippen molar-refractivity contribution in [3.63, 3.8) is 0 Å². The van der Waals surface area contributed by atoms with Crippen molar-refractivity contribution in [1.29, 1.82) is 0 Å². The second-order valence-corrected chi connectivity index (χ2v) is 15.7. The Hall–Kier alpha value is -0.600. The smallest absolute Gasteiger partial charge is 0.236 e. The number of anilines is 1. The highest BCUT2D eigenvalue weighted by Crippen LogP contribution is 2.59. The van der Waals surface area contributed by atoms with Gasteiger partial charge in [-0.1, -0.05) is 95.4 Å². The third kappa shape index (κ3) is 6.23. The molecule has 0 radical (unpaired) electrons. The Balaban J connectivity index is 3.33. The highest BCUT2D eigenvalue weighted by molar-refractivity contribution is 7.99. The van der Waals surface area contributed by atoms with Gasteiger partial charge in [-0.3, -0.25) is 4.72 Å². The van der Waals surface area contributed by atoms with E-state index < -0.39 is 17.9 Å². The van der Waals surface area contributed by atoms with Gasteiger partial charge in [-0.15, -0.1) is 0 Å². The van der Waals surface area contributed by atoms with E-state index >= 15 is 0 Å². The van der Waals surface area contributed by atoms with E-state index in [0.717, 1.165) is 16.8 Å². The third-order valence-corrected chi connectivity index (χ3v) is 10.7. The molecule has 5 heteroatoms. The number of sulfonamides is 1. The molecule has 1 aromatic carbocycles. The minimum atomic E-state index is -3.43. The third-order valence-electron chi connectivity index (χ3n) is 4.55. The Bertz CT molecular complexity index is 670. The highest BCUT2D eigenvalue weighted by atomic mass is 32.2. The van der Waals surface area contributed by atoms with Gasteiger partial charge in [0.2, 0.25) is 10.0 Å². The second-order valence-electron chi connectivity index (χ2n) is 9.74. The first-order valence-electron chi connectivity index (χ1n) is 9.47. The average Bonchev–Trinajstić information content (AvgIpc) is 2.41. The van der Waals surface area contributed by atoms with Crippen molar-refractivity contribution in [1.82, 2.24) is 0 Å². The van der Waals surface area contributed by atoms with Gasteiger partial charge in [-0.25, -0.2) is 8.42 Å². The monoisotopic (exact) mass is 399 g/mol. The van der Waals surface area contributed by atoms with Crippen LogP contribution in [0.5, 0.6) is 0 Å². The first-order chi connectivity index (χ1) is 11.6. The molecule has 150 valence electrons. The van der Waals surface area contributed by atoms with E-state index in [4.69, 9.17) is 0 Å². The molecular weight excluding hydrogens is 361 g/mol. The van der Waals surface area contributed by atoms with Crippen molar-refractivity contribution in [2.75, 3.05) is 10.2 Å². The van der Waals surface area contributed by atoms with Crippen LogP contribution >= 0.6 is 7.92 Å². The highest BCUT2D eigenvalue weighted by Gasteiger charge is 2.37. The van der Waals surface area contributed by atoms with Crippen LogP contribution in [0, 0.1) is 0 Å². The van der Waals surface area contributed by atoms with Crippen LogP contribution in [0.2, 0.25) is 0 Å². The topological polar surface area (TPSA) is 46.2 Å². The largest absolute Gasteiger partial charge is 0.283 e. The van der Waals surface area contributed by atoms with Crippen LogP contribution in [0.4, 0.5) is 5.69 Å². The van der Waals surface area contributed by atoms with Crippen molar-refractivity contribution in [3.05, 3.63) is 29.3 Å². The van der Waals surface area contributed by atoms with E-state index in [1.54, 1.807) is 0 Å². The van der Waals surface area contributed by atoms with E-state index in [1.807, 2.05) is 18.2 Å². The van der Waals surface area contributed by atoms with Crippen molar-refractivity contribution in [2.24, 2.45) is 0 Å². The number of hydrogen-bond acceptors (Lipinski definition) is 2. The van der Waals surface area contributed by atoms with Gasteiger partial charge in [0.1, 0.15) is 0 Å². The van der Waals surface area contributed by atoms with Crippen LogP contribution in [0.25, 0.3) is 0 Å². The number of nitrogens with one attached hydrogen (secondary N) is 1. The van der Waals surface area contributed by atoms with Gasteiger partial charge in [0.05, 0.1) is 11.2 Å². The van der Waals surface area contributed by atoms with Gasteiger partial charge >= 0.3 is 0 Å². The number of benzene rings is 1. The molecule has 0 spiro atoms. The van der Waals surface area contributed by atoms with Gasteiger partial charge in [0.25, 0.3) is 0 Å². The summed E-state index contributed by atoms with van der Waals surface area (Å²) in [5.74, 6) is 0.524. The molecule has 0 amide bonds. The second kappa shape index (κ2) is 8.19. The predicted octanol–water partition coefficient (Wildman–Crippen LogP) is 6.71. The molecule has 0 aliphatic carbocycles. The molecule has 0 unspecified atom stereocenters. The van der Waals surface area contributed by atoms with Crippen LogP contribution in [0.15, 0.2) is 18.2 Å². The van der Waals surface area contributed by atoms with E-state index in [0.29, 0.717) is 0 Å². The summed E-state index contributed by atoms with van der Waals surface area (Å²) >= 11 is 0. The summed E-state index contributed by atoms with van der Waals surface area (Å²) in [6, 6.07) is 6.09. The summed E-state index contributed by atoms with van der Waals surface area (Å²) in [5.41, 5.74) is 3.11. The summed E-state index contributed by atoms with van der Waals surface area (Å²) in [6.45, 7) is 21.3. The predicted molar refractivity (Wildman–Crippen MR) is 118 cm³/mol. The summed E-state index contributed by atoms with van der Waals surface area (Å²) in [4.78, 5) is 0. The maximum atomic E-state index is 13.2. The van der Waals surface area contributed by atoms with Crippen molar-refractivity contribution in [3.8, 4) is 0 Å². The van der Waals surface area contributed by atoms with Gasteiger partial charge < -0.3 is 0 Å². The molecule has 1 N–H and O–H groups in total. The molecule has 0 aromatic heterocycles. The molecule has 1 aromatic rings. The summed E-state index contributed by atoms with van der Waals surface area (Å²) in [6.07, 6.45) is 0. The lowest BCUT2D eigenvalue weighted by Gasteiger charge is -2.41. The maximum Gasteiger partial charge on any atom is 0.236 e. The zero-order chi connectivity index (χ0) is 20.5. The van der Waals surface area contributed by atoms with Crippen molar-refractivity contribution >= 4 is 23.6 Å². The molecular formula is C21H38NO2PS. The number of rotatable bonds is 6. The van der Waals surface area contributed by atoms with Crippen LogP contribution in [0.1, 0.15) is 92.2 Å². The molecule has 1 rings (SSSR count). The van der Waals surface area contributed by atoms with E-state index in [1.165, 1.54) is 0 Å². The van der Waals surface area contributed by atoms with E-state index in [2.05, 4.69) is 74.0 Å². The molecule has 3 nitrogen and oxygen atoms in total. The minimum Gasteiger partial charge on any atom is -0.283 e. The zero-order valence-electron chi connectivity index (χ0n) is 18.3. The Kier molecular flexibility index (Phi) is 7.38. The number of para-hydroxylation sites is 1. The maximum absolute atomic E-state index is 13.2. The van der Waals surface area contributed by atoms with Crippen LogP contribution < -0.4 is 4.72 Å². The average molecular weight is 400 g/mol. The van der Waals surface area contributed by atoms with Crippen LogP contribution in [0.3, 0.4) is 0 Å². The summed E-state index contributed by atoms with van der Waals surface area (Å²) < 4.78 is 29.3. The van der Waals surface area contributed by atoms with Gasteiger partial charge in [0.15, 0.2) is 0 Å². The fraction of sp³-hybridized carbons (Fsp3) is 0.714. The lowest BCUT2D eigenvalue weighted by atomic mass is 9.93. The molecule has 0 bridgehead atoms. The Morgan fingerprint density at radius 2 is 1.27 bits per heavy atom. The molecule has 0 atom stereocenters. The van der Waals surface area contributed by atoms with Gasteiger partial charge in [-0.05, 0) is 33.3 Å². The van der Waals surface area contributed by atoms with Crippen LogP contribution in [-0.2, 0) is 10.0 Å². The number of hydrogen-bond donors (Lipinski definition) is 1. The first-order valence-corrected chi connectivity index (χ1v) is 12.6. The Morgan fingerprint density at radius 1 is 0.885 bits per heavy atom. The summed E-state index contributed by atoms with van der Waals surface area (Å²) in [7, 11) is -4.16. The lowest BCUT2D eigenvalue weighted by molar-refractivity contribution is 0.603. The zero-order valence-corrected chi connectivity index (χ0v) is 20.0. The lowest BCUT2D eigenvalue weighted by Crippen LogP contribution is -2.31. The first kappa shape index (κ1) is 23.4. The van der Waals surface area contributed by atoms with Gasteiger partial charge in [-0.2, -0.15) is 0 Å².